The molecular weight excluding hydrogens is 386 g/mol. The minimum atomic E-state index is 0.815. The van der Waals surface area contributed by atoms with Gasteiger partial charge in [0, 0.05) is 25.3 Å². The molecule has 0 aliphatic rings. The van der Waals surface area contributed by atoms with Gasteiger partial charge in [-0.15, -0.1) is 0 Å². The van der Waals surface area contributed by atoms with Crippen LogP contribution in [0.1, 0.15) is 89.5 Å². The molecule has 2 aromatic carbocycles. The first kappa shape index (κ1) is 24.8. The smallest absolute Gasteiger partial charge is 0.0505 e. The van der Waals surface area contributed by atoms with Crippen molar-refractivity contribution in [2.45, 2.75) is 90.4 Å². The maximum Gasteiger partial charge on any atom is 0.0505 e. The van der Waals surface area contributed by atoms with Crippen molar-refractivity contribution in [3.8, 4) is 11.1 Å². The molecule has 166 valence electrons. The molecule has 0 radical (unpaired) electrons. The quantitative estimate of drug-likeness (QED) is 0.256. The number of nitrogens with zero attached hydrogens (tertiary/aromatic N) is 1. The van der Waals surface area contributed by atoms with Gasteiger partial charge in [-0.25, -0.2) is 0 Å². The lowest BCUT2D eigenvalue weighted by atomic mass is 9.99. The van der Waals surface area contributed by atoms with Crippen molar-refractivity contribution in [1.29, 1.82) is 0 Å². The Morgan fingerprint density at radius 3 is 1.73 bits per heavy atom. The second-order valence-electron chi connectivity index (χ2n) is 8.86. The molecule has 0 atom stereocenters. The van der Waals surface area contributed by atoms with Crippen molar-refractivity contribution in [3.05, 3.63) is 53.1 Å². The maximum absolute atomic E-state index is 6.51. The van der Waals surface area contributed by atoms with Crippen LogP contribution in [0.3, 0.4) is 0 Å². The zero-order valence-electron chi connectivity index (χ0n) is 19.6. The molecule has 0 aliphatic carbocycles. The van der Waals surface area contributed by atoms with Crippen molar-refractivity contribution < 1.29 is 0 Å². The molecule has 30 heavy (non-hydrogen) atoms. The fourth-order valence-electron chi connectivity index (χ4n) is 4.18. The van der Waals surface area contributed by atoms with Gasteiger partial charge in [-0.3, -0.25) is 0 Å². The second-order valence-corrected chi connectivity index (χ2v) is 9.27. The van der Waals surface area contributed by atoms with Gasteiger partial charge in [0.25, 0.3) is 0 Å². The van der Waals surface area contributed by atoms with Gasteiger partial charge in [-0.2, -0.15) is 0 Å². The molecular formula is C28H42ClN. The van der Waals surface area contributed by atoms with Crippen LogP contribution in [0.4, 0.5) is 5.69 Å². The SMILES string of the molecule is CCCCCCCCCCCCCCc1ccc(-c2c(Cl)cccc2N(C)C)cc1. The van der Waals surface area contributed by atoms with Crippen molar-refractivity contribution in [1.82, 2.24) is 0 Å². The maximum atomic E-state index is 6.51. The highest BCUT2D eigenvalue weighted by Crippen LogP contribution is 2.36. The zero-order valence-corrected chi connectivity index (χ0v) is 20.3. The van der Waals surface area contributed by atoms with Crippen LogP contribution in [-0.2, 0) is 6.42 Å². The van der Waals surface area contributed by atoms with Gasteiger partial charge < -0.3 is 4.90 Å². The molecule has 0 fully saturated rings. The average Bonchev–Trinajstić information content (AvgIpc) is 2.75. The number of hydrogen-bond donors (Lipinski definition) is 0. The summed E-state index contributed by atoms with van der Waals surface area (Å²) in [4.78, 5) is 2.13. The highest BCUT2D eigenvalue weighted by Gasteiger charge is 2.11. The summed E-state index contributed by atoms with van der Waals surface area (Å²) in [5, 5.41) is 0.815. The second kappa shape index (κ2) is 14.5. The third kappa shape index (κ3) is 8.72. The first-order chi connectivity index (χ1) is 14.6. The number of rotatable bonds is 15. The van der Waals surface area contributed by atoms with Crippen molar-refractivity contribution >= 4 is 17.3 Å². The van der Waals surface area contributed by atoms with E-state index >= 15 is 0 Å². The minimum absolute atomic E-state index is 0.815. The van der Waals surface area contributed by atoms with Crippen LogP contribution in [-0.4, -0.2) is 14.1 Å². The highest BCUT2D eigenvalue weighted by molar-refractivity contribution is 6.34. The van der Waals surface area contributed by atoms with Crippen LogP contribution in [0, 0.1) is 0 Å². The summed E-state index contributed by atoms with van der Waals surface area (Å²) in [7, 11) is 4.13. The van der Waals surface area contributed by atoms with Crippen LogP contribution in [0.5, 0.6) is 0 Å². The summed E-state index contributed by atoms with van der Waals surface area (Å²) < 4.78 is 0. The van der Waals surface area contributed by atoms with Gasteiger partial charge in [-0.1, -0.05) is 119 Å². The van der Waals surface area contributed by atoms with E-state index in [2.05, 4.69) is 56.3 Å². The number of aryl methyl sites for hydroxylation is 1. The monoisotopic (exact) mass is 427 g/mol. The summed E-state index contributed by atoms with van der Waals surface area (Å²) in [5.74, 6) is 0. The first-order valence-electron chi connectivity index (χ1n) is 12.2. The standard InChI is InChI=1S/C28H42ClN/c1-4-5-6-7-8-9-10-11-12-13-14-15-17-24-20-22-25(23-21-24)28-26(29)18-16-19-27(28)30(2)3/h16,18-23H,4-15,17H2,1-3H3. The number of anilines is 1. The Kier molecular flexibility index (Phi) is 12.0. The van der Waals surface area contributed by atoms with E-state index in [0.29, 0.717) is 0 Å². The fraction of sp³-hybridized carbons (Fsp3) is 0.571. The van der Waals surface area contributed by atoms with Gasteiger partial charge in [-0.05, 0) is 36.1 Å². The Labute approximate surface area is 190 Å². The summed E-state index contributed by atoms with van der Waals surface area (Å²) >= 11 is 6.51. The van der Waals surface area contributed by atoms with E-state index in [0.717, 1.165) is 16.3 Å². The van der Waals surface area contributed by atoms with Gasteiger partial charge in [0.1, 0.15) is 0 Å². The van der Waals surface area contributed by atoms with Crippen molar-refractivity contribution in [2.75, 3.05) is 19.0 Å². The lowest BCUT2D eigenvalue weighted by molar-refractivity contribution is 0.544. The van der Waals surface area contributed by atoms with Crippen LogP contribution < -0.4 is 4.90 Å². The van der Waals surface area contributed by atoms with Crippen LogP contribution in [0.2, 0.25) is 5.02 Å². The lowest BCUT2D eigenvalue weighted by Crippen LogP contribution is -2.10. The molecule has 0 saturated carbocycles. The van der Waals surface area contributed by atoms with E-state index in [-0.39, 0.29) is 0 Å². The van der Waals surface area contributed by atoms with E-state index in [1.807, 2.05) is 12.1 Å². The normalized spacial score (nSPS) is 11.1. The molecule has 2 heteroatoms. The van der Waals surface area contributed by atoms with E-state index in [4.69, 9.17) is 11.6 Å². The van der Waals surface area contributed by atoms with Crippen molar-refractivity contribution in [3.63, 3.8) is 0 Å². The average molecular weight is 428 g/mol. The zero-order chi connectivity index (χ0) is 21.6. The third-order valence-corrected chi connectivity index (χ3v) is 6.35. The fourth-order valence-corrected chi connectivity index (χ4v) is 4.46. The Balaban J connectivity index is 1.64. The molecule has 1 nitrogen and oxygen atoms in total. The molecule has 0 unspecified atom stereocenters. The summed E-state index contributed by atoms with van der Waals surface area (Å²) in [6.07, 6.45) is 18.0. The number of halogens is 1. The van der Waals surface area contributed by atoms with Crippen LogP contribution in [0.25, 0.3) is 11.1 Å². The topological polar surface area (TPSA) is 3.24 Å². The van der Waals surface area contributed by atoms with E-state index < -0.39 is 0 Å². The molecule has 0 aromatic heterocycles. The Hall–Kier alpha value is -1.47. The third-order valence-electron chi connectivity index (χ3n) is 6.04. The summed E-state index contributed by atoms with van der Waals surface area (Å²) in [6.45, 7) is 2.29. The molecule has 2 rings (SSSR count). The number of hydrogen-bond acceptors (Lipinski definition) is 1. The summed E-state index contributed by atoms with van der Waals surface area (Å²) in [6, 6.07) is 15.1. The summed E-state index contributed by atoms with van der Waals surface area (Å²) in [5.41, 5.74) is 4.92. The van der Waals surface area contributed by atoms with Gasteiger partial charge >= 0.3 is 0 Å². The molecule has 0 saturated heterocycles. The van der Waals surface area contributed by atoms with E-state index in [9.17, 15) is 0 Å². The number of benzene rings is 2. The Morgan fingerprint density at radius 1 is 0.667 bits per heavy atom. The molecule has 0 bridgehead atoms. The lowest BCUT2D eigenvalue weighted by Gasteiger charge is -2.19. The molecule has 2 aromatic rings. The predicted octanol–water partition coefficient (Wildman–Crippen LogP) is 9.32. The van der Waals surface area contributed by atoms with E-state index in [1.165, 1.54) is 94.6 Å². The van der Waals surface area contributed by atoms with Gasteiger partial charge in [0.2, 0.25) is 0 Å². The molecule has 0 heterocycles. The molecule has 0 spiro atoms. The van der Waals surface area contributed by atoms with Crippen LogP contribution >= 0.6 is 11.6 Å². The first-order valence-corrected chi connectivity index (χ1v) is 12.6. The molecule has 0 N–H and O–H groups in total. The van der Waals surface area contributed by atoms with Gasteiger partial charge in [0.05, 0.1) is 5.02 Å². The van der Waals surface area contributed by atoms with E-state index in [1.54, 1.807) is 0 Å². The largest absolute Gasteiger partial charge is 0.377 e. The highest BCUT2D eigenvalue weighted by atomic mass is 35.5. The Morgan fingerprint density at radius 2 is 1.20 bits per heavy atom. The van der Waals surface area contributed by atoms with Crippen LogP contribution in [0.15, 0.2) is 42.5 Å². The molecule has 0 amide bonds. The van der Waals surface area contributed by atoms with Gasteiger partial charge in [0.15, 0.2) is 0 Å². The number of unbranched alkanes of at least 4 members (excludes halogenated alkanes) is 11. The predicted molar refractivity (Wildman–Crippen MR) is 136 cm³/mol. The minimum Gasteiger partial charge on any atom is -0.377 e. The van der Waals surface area contributed by atoms with Crippen molar-refractivity contribution in [2.24, 2.45) is 0 Å². The molecule has 0 aliphatic heterocycles. The Bertz CT molecular complexity index is 705.